The van der Waals surface area contributed by atoms with Gasteiger partial charge in [0, 0.05) is 64.3 Å². The third-order valence-electron chi connectivity index (χ3n) is 7.23. The number of aryl methyl sites for hydroxylation is 1. The summed E-state index contributed by atoms with van der Waals surface area (Å²) in [6.07, 6.45) is -3.82. The number of carbonyl (C=O) groups is 1. The first kappa shape index (κ1) is 28.7. The Labute approximate surface area is 221 Å². The molecule has 2 fully saturated rings. The molecule has 1 aliphatic carbocycles. The van der Waals surface area contributed by atoms with Gasteiger partial charge < -0.3 is 5.32 Å². The molecule has 0 radical (unpaired) electrons. The van der Waals surface area contributed by atoms with Gasteiger partial charge in [-0.1, -0.05) is 11.6 Å². The molecule has 1 aromatic carbocycles. The average Bonchev–Trinajstić information content (AvgIpc) is 3.30. The van der Waals surface area contributed by atoms with E-state index in [0.717, 1.165) is 12.1 Å². The molecule has 0 spiro atoms. The first-order valence-corrected chi connectivity index (χ1v) is 13.7. The molecule has 1 aromatic heterocycles. The third kappa shape index (κ3) is 5.97. The van der Waals surface area contributed by atoms with Crippen LogP contribution in [0.1, 0.15) is 41.6 Å². The molecule has 1 N–H and O–H groups in total. The van der Waals surface area contributed by atoms with Crippen LogP contribution < -0.4 is 5.32 Å². The minimum atomic E-state index is -4.62. The van der Waals surface area contributed by atoms with Crippen molar-refractivity contribution in [3.05, 3.63) is 46.6 Å². The van der Waals surface area contributed by atoms with Gasteiger partial charge in [0.1, 0.15) is 0 Å². The number of nitrogens with one attached hydrogen (secondary N) is 1. The van der Waals surface area contributed by atoms with Crippen molar-refractivity contribution in [1.29, 1.82) is 0 Å². The van der Waals surface area contributed by atoms with Crippen molar-refractivity contribution in [2.45, 2.75) is 48.3 Å². The van der Waals surface area contributed by atoms with Gasteiger partial charge in [-0.25, -0.2) is 17.2 Å². The Hall–Kier alpha value is -2.29. The minimum Gasteiger partial charge on any atom is -0.350 e. The maximum atomic E-state index is 14.1. The molecule has 1 saturated carbocycles. The first-order chi connectivity index (χ1) is 17.6. The van der Waals surface area contributed by atoms with E-state index in [1.165, 1.54) is 21.3 Å². The van der Waals surface area contributed by atoms with E-state index >= 15 is 0 Å². The van der Waals surface area contributed by atoms with E-state index < -0.39 is 52.0 Å². The van der Waals surface area contributed by atoms with Crippen LogP contribution in [0.25, 0.3) is 0 Å². The number of aromatic nitrogens is 2. The van der Waals surface area contributed by atoms with Gasteiger partial charge in [-0.2, -0.15) is 22.6 Å². The lowest BCUT2D eigenvalue weighted by atomic mass is 9.78. The average molecular weight is 584 g/mol. The number of hydrogen-bond acceptors (Lipinski definition) is 5. The smallest absolute Gasteiger partial charge is 0.350 e. The van der Waals surface area contributed by atoms with Crippen LogP contribution in [0.3, 0.4) is 0 Å². The van der Waals surface area contributed by atoms with E-state index in [-0.39, 0.29) is 61.2 Å². The fraction of sp³-hybridized carbons (Fsp3) is 0.565. The molecule has 2 aliphatic rings. The van der Waals surface area contributed by atoms with Crippen molar-refractivity contribution in [3.63, 3.8) is 0 Å². The third-order valence-corrected chi connectivity index (χ3v) is 9.34. The molecule has 0 unspecified atom stereocenters. The van der Waals surface area contributed by atoms with Gasteiger partial charge in [0.15, 0.2) is 5.03 Å². The van der Waals surface area contributed by atoms with E-state index in [1.807, 2.05) is 4.90 Å². The molecule has 1 aliphatic heterocycles. The minimum absolute atomic E-state index is 0.0493. The standard InChI is InChI=1S/C23H27ClF5N5O3S/c1-32-9-4-19(31-32)38(36,37)34-12-10-33(11-13-34)21(5-7-22(25,26)8-6-21)15-30-20(35)17-3-2-16(14-18(17)24)23(27,28)29/h2-4,9,14H,5-8,10-13,15H2,1H3,(H,30,35). The number of piperazine rings is 1. The summed E-state index contributed by atoms with van der Waals surface area (Å²) in [5, 5.41) is 6.17. The van der Waals surface area contributed by atoms with Gasteiger partial charge in [-0.3, -0.25) is 14.4 Å². The van der Waals surface area contributed by atoms with Gasteiger partial charge in [0.05, 0.1) is 16.1 Å². The highest BCUT2D eigenvalue weighted by atomic mass is 35.5. The summed E-state index contributed by atoms with van der Waals surface area (Å²) < 4.78 is 95.5. The zero-order valence-corrected chi connectivity index (χ0v) is 22.0. The normalized spacial score (nSPS) is 20.8. The summed E-state index contributed by atoms with van der Waals surface area (Å²) in [6.45, 7) is 0.654. The molecule has 8 nitrogen and oxygen atoms in total. The number of rotatable bonds is 6. The highest BCUT2D eigenvalue weighted by molar-refractivity contribution is 7.89. The van der Waals surface area contributed by atoms with Crippen LogP contribution in [-0.4, -0.2) is 77.5 Å². The fourth-order valence-corrected chi connectivity index (χ4v) is 6.61. The van der Waals surface area contributed by atoms with Crippen LogP contribution in [0.4, 0.5) is 22.0 Å². The molecule has 210 valence electrons. The molecule has 2 aromatic rings. The molecule has 1 saturated heterocycles. The Bertz CT molecular complexity index is 1280. The van der Waals surface area contributed by atoms with Crippen LogP contribution in [0.5, 0.6) is 0 Å². The monoisotopic (exact) mass is 583 g/mol. The number of nitrogens with zero attached hydrogens (tertiary/aromatic N) is 4. The van der Waals surface area contributed by atoms with E-state index in [9.17, 15) is 35.2 Å². The van der Waals surface area contributed by atoms with E-state index in [0.29, 0.717) is 6.07 Å². The highest BCUT2D eigenvalue weighted by Crippen LogP contribution is 2.42. The molecule has 2 heterocycles. The topological polar surface area (TPSA) is 87.5 Å². The van der Waals surface area contributed by atoms with Gasteiger partial charge in [-0.15, -0.1) is 0 Å². The van der Waals surface area contributed by atoms with Gasteiger partial charge in [0.25, 0.3) is 15.9 Å². The lowest BCUT2D eigenvalue weighted by Crippen LogP contribution is -2.63. The zero-order chi connectivity index (χ0) is 27.9. The van der Waals surface area contributed by atoms with Gasteiger partial charge >= 0.3 is 6.18 Å². The van der Waals surface area contributed by atoms with Gasteiger partial charge in [0.2, 0.25) is 5.92 Å². The molecule has 4 rings (SSSR count). The van der Waals surface area contributed by atoms with E-state index in [4.69, 9.17) is 11.6 Å². The molecular weight excluding hydrogens is 557 g/mol. The molecular formula is C23H27ClF5N5O3S. The second-order valence-electron chi connectivity index (χ2n) is 9.67. The van der Waals surface area contributed by atoms with Crippen LogP contribution in [0.2, 0.25) is 5.02 Å². The number of amides is 1. The van der Waals surface area contributed by atoms with Crippen molar-refractivity contribution in [1.82, 2.24) is 24.3 Å². The number of alkyl halides is 5. The molecule has 1 amide bonds. The number of sulfonamides is 1. The van der Waals surface area contributed by atoms with Crippen LogP contribution >= 0.6 is 11.6 Å². The Morgan fingerprint density at radius 1 is 1.08 bits per heavy atom. The summed E-state index contributed by atoms with van der Waals surface area (Å²) >= 11 is 5.94. The van der Waals surface area contributed by atoms with Crippen molar-refractivity contribution in [2.75, 3.05) is 32.7 Å². The molecule has 15 heteroatoms. The van der Waals surface area contributed by atoms with Crippen molar-refractivity contribution < 1.29 is 35.2 Å². The summed E-state index contributed by atoms with van der Waals surface area (Å²) in [5.41, 5.74) is -2.04. The molecule has 0 bridgehead atoms. The van der Waals surface area contributed by atoms with Crippen LogP contribution in [-0.2, 0) is 23.2 Å². The molecule has 0 atom stereocenters. The first-order valence-electron chi connectivity index (χ1n) is 11.9. The van der Waals surface area contributed by atoms with Crippen LogP contribution in [0.15, 0.2) is 35.5 Å². The summed E-state index contributed by atoms with van der Waals surface area (Å²) in [7, 11) is -2.22. The van der Waals surface area contributed by atoms with Crippen molar-refractivity contribution in [3.8, 4) is 0 Å². The van der Waals surface area contributed by atoms with E-state index in [2.05, 4.69) is 10.4 Å². The number of carbonyl (C=O) groups excluding carboxylic acids is 1. The Morgan fingerprint density at radius 3 is 2.24 bits per heavy atom. The predicted octanol–water partition coefficient (Wildman–Crippen LogP) is 3.78. The van der Waals surface area contributed by atoms with Crippen molar-refractivity contribution >= 4 is 27.5 Å². The number of benzene rings is 1. The summed E-state index contributed by atoms with van der Waals surface area (Å²) in [4.78, 5) is 14.7. The summed E-state index contributed by atoms with van der Waals surface area (Å²) in [6, 6.07) is 3.78. The number of halogens is 6. The quantitative estimate of drug-likeness (QED) is 0.523. The Balaban J connectivity index is 1.48. The van der Waals surface area contributed by atoms with Gasteiger partial charge in [-0.05, 0) is 37.1 Å². The maximum Gasteiger partial charge on any atom is 0.416 e. The van der Waals surface area contributed by atoms with Crippen molar-refractivity contribution in [2.24, 2.45) is 7.05 Å². The number of hydrogen-bond donors (Lipinski definition) is 1. The Kier molecular flexibility index (Phi) is 7.83. The largest absolute Gasteiger partial charge is 0.416 e. The fourth-order valence-electron chi connectivity index (χ4n) is 4.97. The SMILES string of the molecule is Cn1ccc(S(=O)(=O)N2CCN(C3(CNC(=O)c4ccc(C(F)(F)F)cc4Cl)CCC(F)(F)CC3)CC2)n1. The zero-order valence-electron chi connectivity index (χ0n) is 20.4. The Morgan fingerprint density at radius 2 is 1.71 bits per heavy atom. The second kappa shape index (κ2) is 10.4. The van der Waals surface area contributed by atoms with Crippen LogP contribution in [0, 0.1) is 0 Å². The summed E-state index contributed by atoms with van der Waals surface area (Å²) in [5.74, 6) is -3.58. The lowest BCUT2D eigenvalue weighted by Gasteiger charge is -2.50. The molecule has 38 heavy (non-hydrogen) atoms. The lowest BCUT2D eigenvalue weighted by molar-refractivity contribution is -0.137. The van der Waals surface area contributed by atoms with E-state index in [1.54, 1.807) is 7.05 Å². The highest BCUT2D eigenvalue weighted by Gasteiger charge is 2.48. The second-order valence-corrected chi connectivity index (χ2v) is 12.0. The predicted molar refractivity (Wildman–Crippen MR) is 128 cm³/mol. The maximum absolute atomic E-state index is 14.1.